The molecule has 2 heterocycles. The molecule has 10 heteroatoms. The summed E-state index contributed by atoms with van der Waals surface area (Å²) < 4.78 is 6.54. The molecule has 0 aliphatic heterocycles. The molecule has 27 heavy (non-hydrogen) atoms. The van der Waals surface area contributed by atoms with Crippen LogP contribution in [0.1, 0.15) is 26.6 Å². The number of non-ortho nitro benzene ring substituents is 1. The van der Waals surface area contributed by atoms with Crippen molar-refractivity contribution in [3.05, 3.63) is 76.0 Å². The summed E-state index contributed by atoms with van der Waals surface area (Å²) in [5.74, 6) is -0.417. The molecular formula is C17H15N5O5. The summed E-state index contributed by atoms with van der Waals surface area (Å²) in [5, 5.41) is 20.0. The van der Waals surface area contributed by atoms with E-state index in [0.717, 1.165) is 0 Å². The summed E-state index contributed by atoms with van der Waals surface area (Å²) >= 11 is 0. The first-order chi connectivity index (χ1) is 12.9. The average Bonchev–Trinajstić information content (AvgIpc) is 3.29. The van der Waals surface area contributed by atoms with Gasteiger partial charge in [-0.3, -0.25) is 24.4 Å². The maximum absolute atomic E-state index is 12.4. The third-order valence-electron chi connectivity index (χ3n) is 3.64. The predicted molar refractivity (Wildman–Crippen MR) is 94.1 cm³/mol. The normalized spacial score (nSPS) is 10.4. The Bertz CT molecular complexity index is 976. The third kappa shape index (κ3) is 4.18. The van der Waals surface area contributed by atoms with Gasteiger partial charge in [0.05, 0.1) is 23.4 Å². The highest BCUT2D eigenvalue weighted by molar-refractivity contribution is 6.08. The second-order valence-corrected chi connectivity index (χ2v) is 5.59. The van der Waals surface area contributed by atoms with Gasteiger partial charge in [-0.2, -0.15) is 5.10 Å². The molecule has 3 rings (SSSR count). The fraction of sp³-hybridized carbons (Fsp3) is 0.118. The van der Waals surface area contributed by atoms with Gasteiger partial charge in [-0.1, -0.05) is 0 Å². The lowest BCUT2D eigenvalue weighted by atomic mass is 10.2. The van der Waals surface area contributed by atoms with Gasteiger partial charge in [-0.15, -0.1) is 0 Å². The molecule has 0 bridgehead atoms. The van der Waals surface area contributed by atoms with Gasteiger partial charge in [0.25, 0.3) is 17.5 Å². The van der Waals surface area contributed by atoms with Crippen molar-refractivity contribution in [2.45, 2.75) is 6.54 Å². The van der Waals surface area contributed by atoms with Crippen molar-refractivity contribution in [1.29, 1.82) is 0 Å². The number of rotatable bonds is 6. The lowest BCUT2D eigenvalue weighted by Crippen LogP contribution is -2.25. The first-order valence-corrected chi connectivity index (χ1v) is 7.84. The molecule has 10 nitrogen and oxygen atoms in total. The molecule has 0 saturated carbocycles. The van der Waals surface area contributed by atoms with Crippen LogP contribution in [0.4, 0.5) is 11.4 Å². The zero-order chi connectivity index (χ0) is 19.4. The van der Waals surface area contributed by atoms with Crippen LogP contribution >= 0.6 is 0 Å². The number of nitrogens with zero attached hydrogens (tertiary/aromatic N) is 3. The van der Waals surface area contributed by atoms with Crippen LogP contribution in [0.5, 0.6) is 0 Å². The first kappa shape index (κ1) is 17.9. The Morgan fingerprint density at radius 3 is 2.59 bits per heavy atom. The second kappa shape index (κ2) is 7.52. The molecule has 0 aliphatic carbocycles. The number of hydrogen-bond acceptors (Lipinski definition) is 6. The minimum Gasteiger partial charge on any atom is -0.467 e. The molecule has 1 aromatic carbocycles. The molecule has 0 saturated heterocycles. The van der Waals surface area contributed by atoms with E-state index >= 15 is 0 Å². The van der Waals surface area contributed by atoms with Crippen LogP contribution in [0.2, 0.25) is 0 Å². The molecule has 138 valence electrons. The Balaban J connectivity index is 1.72. The number of amides is 2. The van der Waals surface area contributed by atoms with Crippen molar-refractivity contribution in [2.24, 2.45) is 7.05 Å². The van der Waals surface area contributed by atoms with Crippen molar-refractivity contribution in [3.63, 3.8) is 0 Å². The van der Waals surface area contributed by atoms with Gasteiger partial charge >= 0.3 is 0 Å². The molecule has 0 spiro atoms. The number of nitro benzene ring substituents is 1. The van der Waals surface area contributed by atoms with Crippen molar-refractivity contribution in [2.75, 3.05) is 5.32 Å². The van der Waals surface area contributed by atoms with Gasteiger partial charge in [-0.05, 0) is 24.3 Å². The number of furan rings is 1. The second-order valence-electron chi connectivity index (χ2n) is 5.59. The maximum Gasteiger partial charge on any atom is 0.274 e. The lowest BCUT2D eigenvalue weighted by Gasteiger charge is -2.06. The zero-order valence-electron chi connectivity index (χ0n) is 14.2. The quantitative estimate of drug-likeness (QED) is 0.505. The first-order valence-electron chi connectivity index (χ1n) is 7.84. The van der Waals surface area contributed by atoms with Crippen LogP contribution in [0.3, 0.4) is 0 Å². The number of benzene rings is 1. The van der Waals surface area contributed by atoms with Crippen molar-refractivity contribution in [3.8, 4) is 0 Å². The topological polar surface area (TPSA) is 132 Å². The number of aryl methyl sites for hydroxylation is 1. The van der Waals surface area contributed by atoms with Crippen LogP contribution in [-0.4, -0.2) is 26.5 Å². The van der Waals surface area contributed by atoms with Crippen molar-refractivity contribution < 1.29 is 18.9 Å². The van der Waals surface area contributed by atoms with E-state index in [1.54, 1.807) is 19.2 Å². The van der Waals surface area contributed by atoms with E-state index in [0.29, 0.717) is 5.76 Å². The van der Waals surface area contributed by atoms with Crippen LogP contribution in [0.15, 0.2) is 53.3 Å². The number of nitro groups is 1. The standard InChI is InChI=1S/C17H15N5O5/c1-21-10-14(15(20-21)17(24)18-9-13-3-2-8-27-13)19-16(23)11-4-6-12(7-5-11)22(25)26/h2-8,10H,9H2,1H3,(H,18,24)(H,19,23). The van der Waals surface area contributed by atoms with E-state index in [4.69, 9.17) is 4.42 Å². The molecule has 2 N–H and O–H groups in total. The van der Waals surface area contributed by atoms with Crippen molar-refractivity contribution in [1.82, 2.24) is 15.1 Å². The van der Waals surface area contributed by atoms with Gasteiger partial charge in [0.15, 0.2) is 5.69 Å². The number of aromatic nitrogens is 2. The highest BCUT2D eigenvalue weighted by atomic mass is 16.6. The molecule has 0 fully saturated rings. The Labute approximate surface area is 152 Å². The molecule has 0 aliphatic rings. The zero-order valence-corrected chi connectivity index (χ0v) is 14.2. The van der Waals surface area contributed by atoms with E-state index in [1.807, 2.05) is 0 Å². The highest BCUT2D eigenvalue weighted by Gasteiger charge is 2.19. The molecular weight excluding hydrogens is 354 g/mol. The predicted octanol–water partition coefficient (Wildman–Crippen LogP) is 2.10. The molecule has 2 amide bonds. The van der Waals surface area contributed by atoms with Crippen LogP contribution in [-0.2, 0) is 13.6 Å². The third-order valence-corrected chi connectivity index (χ3v) is 3.64. The van der Waals surface area contributed by atoms with E-state index in [2.05, 4.69) is 15.7 Å². The van der Waals surface area contributed by atoms with Gasteiger partial charge in [0.1, 0.15) is 5.76 Å². The molecule has 0 radical (unpaired) electrons. The average molecular weight is 369 g/mol. The molecule has 2 aromatic heterocycles. The van der Waals surface area contributed by atoms with E-state index in [-0.39, 0.29) is 29.2 Å². The monoisotopic (exact) mass is 369 g/mol. The fourth-order valence-electron chi connectivity index (χ4n) is 2.34. The maximum atomic E-state index is 12.4. The Hall–Kier alpha value is -3.95. The molecule has 0 unspecified atom stereocenters. The van der Waals surface area contributed by atoms with E-state index in [1.165, 1.54) is 41.4 Å². The van der Waals surface area contributed by atoms with Gasteiger partial charge < -0.3 is 15.1 Å². The number of nitrogens with one attached hydrogen (secondary N) is 2. The number of carbonyl (C=O) groups excluding carboxylic acids is 2. The van der Waals surface area contributed by atoms with Gasteiger partial charge in [0, 0.05) is 30.9 Å². The van der Waals surface area contributed by atoms with Gasteiger partial charge in [-0.25, -0.2) is 0 Å². The highest BCUT2D eigenvalue weighted by Crippen LogP contribution is 2.17. The fourth-order valence-corrected chi connectivity index (χ4v) is 2.34. The molecule has 0 atom stereocenters. The van der Waals surface area contributed by atoms with E-state index < -0.39 is 16.7 Å². The molecule has 3 aromatic rings. The summed E-state index contributed by atoms with van der Waals surface area (Å²) in [6.45, 7) is 0.179. The van der Waals surface area contributed by atoms with Crippen molar-refractivity contribution >= 4 is 23.2 Å². The minimum atomic E-state index is -0.551. The van der Waals surface area contributed by atoms with Crippen LogP contribution in [0, 0.1) is 10.1 Å². The van der Waals surface area contributed by atoms with Gasteiger partial charge in [0.2, 0.25) is 0 Å². The summed E-state index contributed by atoms with van der Waals surface area (Å²) in [4.78, 5) is 34.8. The Morgan fingerprint density at radius 1 is 1.22 bits per heavy atom. The number of anilines is 1. The number of carbonyl (C=O) groups is 2. The summed E-state index contributed by atoms with van der Waals surface area (Å²) in [6.07, 6.45) is 2.99. The van der Waals surface area contributed by atoms with E-state index in [9.17, 15) is 19.7 Å². The smallest absolute Gasteiger partial charge is 0.274 e. The lowest BCUT2D eigenvalue weighted by molar-refractivity contribution is -0.384. The SMILES string of the molecule is Cn1cc(NC(=O)c2ccc([N+](=O)[O-])cc2)c(C(=O)NCc2ccco2)n1. The summed E-state index contributed by atoms with van der Waals surface area (Å²) in [7, 11) is 1.62. The largest absolute Gasteiger partial charge is 0.467 e. The van der Waals surface area contributed by atoms with Crippen LogP contribution in [0.25, 0.3) is 0 Å². The van der Waals surface area contributed by atoms with Crippen LogP contribution < -0.4 is 10.6 Å². The summed E-state index contributed by atoms with van der Waals surface area (Å²) in [5.41, 5.74) is 0.356. The number of hydrogen-bond donors (Lipinski definition) is 2. The minimum absolute atomic E-state index is 0.0410. The Kier molecular flexibility index (Phi) is 4.97. The Morgan fingerprint density at radius 2 is 1.96 bits per heavy atom. The summed E-state index contributed by atoms with van der Waals surface area (Å²) in [6, 6.07) is 8.55.